The van der Waals surface area contributed by atoms with Crippen LogP contribution >= 0.6 is 0 Å². The number of fused-ring (bicyclic) bond motifs is 15. The van der Waals surface area contributed by atoms with Gasteiger partial charge in [0.15, 0.2) is 0 Å². The lowest BCUT2D eigenvalue weighted by atomic mass is 9.78. The van der Waals surface area contributed by atoms with Gasteiger partial charge in [-0.3, -0.25) is 0 Å². The zero-order chi connectivity index (χ0) is 54.9. The Morgan fingerprint density at radius 2 is 0.815 bits per heavy atom. The van der Waals surface area contributed by atoms with Crippen molar-refractivity contribution in [2.75, 3.05) is 9.80 Å². The van der Waals surface area contributed by atoms with Crippen molar-refractivity contribution < 1.29 is 0 Å². The van der Waals surface area contributed by atoms with Crippen LogP contribution in [-0.4, -0.2) is 4.57 Å². The van der Waals surface area contributed by atoms with Crippen molar-refractivity contribution in [2.45, 2.75) is 89.9 Å². The molecular weight excluding hydrogens is 979 g/mol. The van der Waals surface area contributed by atoms with Gasteiger partial charge in [0, 0.05) is 66.6 Å². The highest BCUT2D eigenvalue weighted by Crippen LogP contribution is 2.61. The number of nitrogens with zero attached hydrogens (tertiary/aromatic N) is 3. The van der Waals surface area contributed by atoms with Gasteiger partial charge in [-0.2, -0.15) is 0 Å². The van der Waals surface area contributed by atoms with Crippen LogP contribution in [0.15, 0.2) is 230 Å². The topological polar surface area (TPSA) is 11.4 Å². The van der Waals surface area contributed by atoms with Crippen LogP contribution in [0.4, 0.5) is 28.4 Å². The highest BCUT2D eigenvalue weighted by atomic mass is 15.2. The Morgan fingerprint density at radius 3 is 1.43 bits per heavy atom. The van der Waals surface area contributed by atoms with E-state index in [9.17, 15) is 0 Å². The van der Waals surface area contributed by atoms with Gasteiger partial charge in [-0.05, 0) is 193 Å². The molecule has 392 valence electrons. The fourth-order valence-corrected chi connectivity index (χ4v) is 15.6. The standard InChI is InChI=1S/C78H65N3/c1-75(2)64-31-19-15-27-54(64)56-38-35-50(42-66(56)75)79(48-23-11-9-12-24-48)53-41-63-62-47-69-61(58-40-37-52(44-68(58)77(69,5)6)81-71-33-21-17-29-59(71)60-30-18-22-34-72(60)81)46-70(62)78(7,8)74(63)73(45-53)80(49-25-13-10-14-26-49)51-36-39-57-55-28-16-20-32-65(55)76(3,4)67(57)43-51/h9,11-13,15-47H,10,14H2,1-8H3. The average molecular weight is 1040 g/mol. The van der Waals surface area contributed by atoms with E-state index in [0.717, 1.165) is 29.9 Å². The lowest BCUT2D eigenvalue weighted by Crippen LogP contribution is -2.24. The molecule has 3 heteroatoms. The molecule has 0 aliphatic heterocycles. The van der Waals surface area contributed by atoms with Crippen LogP contribution in [0.5, 0.6) is 0 Å². The van der Waals surface area contributed by atoms with Gasteiger partial charge in [0.2, 0.25) is 0 Å². The maximum absolute atomic E-state index is 2.62. The van der Waals surface area contributed by atoms with Crippen LogP contribution < -0.4 is 9.80 Å². The molecule has 0 spiro atoms. The third-order valence-corrected chi connectivity index (χ3v) is 19.7. The minimum absolute atomic E-state index is 0.164. The predicted molar refractivity (Wildman–Crippen MR) is 341 cm³/mol. The zero-order valence-corrected chi connectivity index (χ0v) is 47.6. The molecule has 0 unspecified atom stereocenters. The second-order valence-electron chi connectivity index (χ2n) is 25.6. The molecule has 1 heterocycles. The molecule has 1 aromatic heterocycles. The zero-order valence-electron chi connectivity index (χ0n) is 47.6. The molecule has 5 aliphatic rings. The number of hydrogen-bond acceptors (Lipinski definition) is 2. The van der Waals surface area contributed by atoms with E-state index in [1.165, 1.54) is 134 Å². The van der Waals surface area contributed by atoms with Crippen LogP contribution in [0.3, 0.4) is 0 Å². The van der Waals surface area contributed by atoms with E-state index < -0.39 is 0 Å². The maximum Gasteiger partial charge on any atom is 0.0541 e. The fraction of sp³-hybridized carbons (Fsp3) is 0.179. The molecule has 0 amide bonds. The van der Waals surface area contributed by atoms with Crippen molar-refractivity contribution in [1.82, 2.24) is 4.57 Å². The first-order valence-corrected chi connectivity index (χ1v) is 29.2. The molecule has 0 bridgehead atoms. The van der Waals surface area contributed by atoms with E-state index >= 15 is 0 Å². The Kier molecular flexibility index (Phi) is 9.97. The summed E-state index contributed by atoms with van der Waals surface area (Å²) in [4.78, 5) is 5.16. The average Bonchev–Trinajstić information content (AvgIpc) is 3.12. The van der Waals surface area contributed by atoms with Gasteiger partial charge in [-0.15, -0.1) is 0 Å². The lowest BCUT2D eigenvalue weighted by molar-refractivity contribution is 0.651. The molecule has 3 nitrogen and oxygen atoms in total. The fourth-order valence-electron chi connectivity index (χ4n) is 15.6. The summed E-state index contributed by atoms with van der Waals surface area (Å²) < 4.78 is 2.47. The highest BCUT2D eigenvalue weighted by Gasteiger charge is 2.45. The van der Waals surface area contributed by atoms with Gasteiger partial charge in [0.25, 0.3) is 0 Å². The quantitative estimate of drug-likeness (QED) is 0.158. The van der Waals surface area contributed by atoms with E-state index in [-0.39, 0.29) is 21.7 Å². The molecule has 0 saturated carbocycles. The molecule has 11 aromatic rings. The van der Waals surface area contributed by atoms with E-state index in [0.29, 0.717) is 0 Å². The molecule has 0 N–H and O–H groups in total. The Bertz CT molecular complexity index is 4540. The second-order valence-corrected chi connectivity index (χ2v) is 25.6. The van der Waals surface area contributed by atoms with Gasteiger partial charge >= 0.3 is 0 Å². The number of benzene rings is 10. The lowest BCUT2D eigenvalue weighted by Gasteiger charge is -2.36. The highest BCUT2D eigenvalue weighted by molar-refractivity contribution is 6.09. The van der Waals surface area contributed by atoms with Crippen LogP contribution in [0, 0.1) is 0 Å². The smallest absolute Gasteiger partial charge is 0.0541 e. The molecule has 0 fully saturated rings. The minimum Gasteiger partial charge on any atom is -0.310 e. The Labute approximate surface area is 476 Å². The molecule has 81 heavy (non-hydrogen) atoms. The first kappa shape index (κ1) is 48.0. The van der Waals surface area contributed by atoms with E-state index in [2.05, 4.69) is 294 Å². The Morgan fingerprint density at radius 1 is 0.333 bits per heavy atom. The number of allylic oxidation sites excluding steroid dienone is 3. The van der Waals surface area contributed by atoms with Crippen molar-refractivity contribution in [3.8, 4) is 50.2 Å². The number of rotatable bonds is 7. The van der Waals surface area contributed by atoms with E-state index in [1.807, 2.05) is 0 Å². The molecule has 10 aromatic carbocycles. The van der Waals surface area contributed by atoms with Crippen molar-refractivity contribution >= 4 is 50.2 Å². The van der Waals surface area contributed by atoms with Gasteiger partial charge < -0.3 is 14.4 Å². The summed E-state index contributed by atoms with van der Waals surface area (Å²) in [6.07, 6.45) is 9.23. The largest absolute Gasteiger partial charge is 0.310 e. The van der Waals surface area contributed by atoms with Gasteiger partial charge in [0.1, 0.15) is 0 Å². The summed E-state index contributed by atoms with van der Waals surface area (Å²) in [5.74, 6) is 0. The molecule has 5 aliphatic carbocycles. The maximum atomic E-state index is 2.62. The number of hydrogen-bond donors (Lipinski definition) is 0. The Hall–Kier alpha value is -8.92. The van der Waals surface area contributed by atoms with E-state index in [1.54, 1.807) is 0 Å². The van der Waals surface area contributed by atoms with Gasteiger partial charge in [0.05, 0.1) is 16.7 Å². The molecule has 0 radical (unpaired) electrons. The van der Waals surface area contributed by atoms with Gasteiger partial charge in [-0.1, -0.05) is 189 Å². The van der Waals surface area contributed by atoms with E-state index in [4.69, 9.17) is 0 Å². The van der Waals surface area contributed by atoms with Crippen molar-refractivity contribution in [3.63, 3.8) is 0 Å². The molecule has 0 saturated heterocycles. The Balaban J connectivity index is 0.934. The second kappa shape index (κ2) is 16.8. The number of anilines is 5. The predicted octanol–water partition coefficient (Wildman–Crippen LogP) is 20.9. The number of aromatic nitrogens is 1. The number of para-hydroxylation sites is 3. The first-order valence-electron chi connectivity index (χ1n) is 29.2. The van der Waals surface area contributed by atoms with Crippen LogP contribution in [0.25, 0.3) is 72.0 Å². The first-order chi connectivity index (χ1) is 39.2. The third kappa shape index (κ3) is 6.64. The molecule has 0 atom stereocenters. The van der Waals surface area contributed by atoms with Crippen LogP contribution in [0.1, 0.15) is 113 Å². The molecular formula is C78H65N3. The summed E-state index contributed by atoms with van der Waals surface area (Å²) >= 11 is 0. The van der Waals surface area contributed by atoms with Gasteiger partial charge in [-0.25, -0.2) is 0 Å². The van der Waals surface area contributed by atoms with Crippen molar-refractivity contribution in [1.29, 1.82) is 0 Å². The molecule has 16 rings (SSSR count). The summed E-state index contributed by atoms with van der Waals surface area (Å²) in [6.45, 7) is 19.5. The van der Waals surface area contributed by atoms with Crippen molar-refractivity contribution in [3.05, 3.63) is 275 Å². The monoisotopic (exact) mass is 1040 g/mol. The summed E-state index contributed by atoms with van der Waals surface area (Å²) in [6, 6.07) is 78.9. The normalized spacial score (nSPS) is 16.5. The van der Waals surface area contributed by atoms with Crippen LogP contribution in [-0.2, 0) is 21.7 Å². The van der Waals surface area contributed by atoms with Crippen molar-refractivity contribution in [2.24, 2.45) is 0 Å². The van der Waals surface area contributed by atoms with Crippen LogP contribution in [0.2, 0.25) is 0 Å². The summed E-state index contributed by atoms with van der Waals surface area (Å²) in [5.41, 5.74) is 31.2. The SMILES string of the molecule is CC1(C)c2ccccc2-c2ccc(N(C3=CCCC=C3)c3cc(N(c4ccccc4)c4ccc5c(c4)C(C)(C)c4ccccc4-5)cc4c3C(C)(C)c3cc5c(cc3-4)C(C)(C)c3cc(-n4c6ccccc6c6ccccc64)ccc3-5)cc21. The minimum atomic E-state index is -0.381. The summed E-state index contributed by atoms with van der Waals surface area (Å²) in [5, 5.41) is 2.56. The third-order valence-electron chi connectivity index (χ3n) is 19.7. The summed E-state index contributed by atoms with van der Waals surface area (Å²) in [7, 11) is 0.